The summed E-state index contributed by atoms with van der Waals surface area (Å²) < 4.78 is 0. The van der Waals surface area contributed by atoms with Crippen molar-refractivity contribution in [1.82, 2.24) is 0 Å². The van der Waals surface area contributed by atoms with E-state index in [0.29, 0.717) is 0 Å². The van der Waals surface area contributed by atoms with Gasteiger partial charge in [0.25, 0.3) is 0 Å². The van der Waals surface area contributed by atoms with Gasteiger partial charge in [-0.2, -0.15) is 0 Å². The largest absolute Gasteiger partial charge is 0.328 e. The van der Waals surface area contributed by atoms with Gasteiger partial charge in [-0.05, 0) is 70.5 Å². The lowest BCUT2D eigenvalue weighted by Crippen LogP contribution is -2.24. The number of benzene rings is 4. The first kappa shape index (κ1) is 21.1. The van der Waals surface area contributed by atoms with Crippen LogP contribution in [0.5, 0.6) is 0 Å². The van der Waals surface area contributed by atoms with Crippen LogP contribution in [-0.2, 0) is 12.8 Å². The minimum atomic E-state index is 0.815. The van der Waals surface area contributed by atoms with Crippen molar-refractivity contribution in [2.24, 2.45) is 0 Å². The number of hydrogen-bond acceptors (Lipinski definition) is 2. The predicted molar refractivity (Wildman–Crippen MR) is 141 cm³/mol. The fourth-order valence-corrected chi connectivity index (χ4v) is 4.64. The molecule has 2 heteroatoms. The van der Waals surface area contributed by atoms with Crippen LogP contribution in [0.2, 0.25) is 0 Å². The fraction of sp³-hybridized carbons (Fsp3) is 0.161. The quantitative estimate of drug-likeness (QED) is 0.307. The third-order valence-corrected chi connectivity index (χ3v) is 6.55. The molecule has 0 unspecified atom stereocenters. The molecule has 1 aliphatic heterocycles. The summed E-state index contributed by atoms with van der Waals surface area (Å²) in [7, 11) is 0. The van der Waals surface area contributed by atoms with E-state index in [1.165, 1.54) is 44.8 Å². The second-order valence-electron chi connectivity index (χ2n) is 8.49. The van der Waals surface area contributed by atoms with Crippen LogP contribution in [0.1, 0.15) is 25.0 Å². The van der Waals surface area contributed by atoms with Crippen LogP contribution in [0.25, 0.3) is 22.3 Å². The van der Waals surface area contributed by atoms with Crippen molar-refractivity contribution in [1.29, 1.82) is 0 Å². The zero-order chi connectivity index (χ0) is 22.6. The highest BCUT2D eigenvalue weighted by Crippen LogP contribution is 2.30. The lowest BCUT2D eigenvalue weighted by Gasteiger charge is -2.22. The first-order valence-electron chi connectivity index (χ1n) is 11.8. The Balaban J connectivity index is 1.30. The van der Waals surface area contributed by atoms with E-state index in [2.05, 4.69) is 133 Å². The second kappa shape index (κ2) is 9.38. The van der Waals surface area contributed by atoms with E-state index >= 15 is 0 Å². The molecular weight excluding hydrogens is 400 g/mol. The molecule has 0 bridgehead atoms. The highest BCUT2D eigenvalue weighted by Gasteiger charge is 2.16. The zero-order valence-electron chi connectivity index (χ0n) is 19.4. The highest BCUT2D eigenvalue weighted by atomic mass is 15.3. The fourth-order valence-electron chi connectivity index (χ4n) is 4.64. The molecule has 164 valence electrons. The predicted octanol–water partition coefficient (Wildman–Crippen LogP) is 7.90. The molecular formula is C31H30N2. The molecule has 0 amide bonds. The average molecular weight is 431 g/mol. The average Bonchev–Trinajstić information content (AvgIpc) is 3.39. The molecule has 33 heavy (non-hydrogen) atoms. The van der Waals surface area contributed by atoms with Gasteiger partial charge in [-0.1, -0.05) is 86.6 Å². The molecule has 5 rings (SSSR count). The number of hydrogen-bond donors (Lipinski definition) is 0. The molecule has 0 atom stereocenters. The molecule has 1 heterocycles. The van der Waals surface area contributed by atoms with E-state index < -0.39 is 0 Å². The molecule has 0 saturated carbocycles. The van der Waals surface area contributed by atoms with Crippen molar-refractivity contribution in [3.63, 3.8) is 0 Å². The lowest BCUT2D eigenvalue weighted by molar-refractivity contribution is 0.976. The first-order valence-corrected chi connectivity index (χ1v) is 11.8. The Kier molecular flexibility index (Phi) is 5.99. The zero-order valence-corrected chi connectivity index (χ0v) is 19.4. The second-order valence-corrected chi connectivity index (χ2v) is 8.49. The van der Waals surface area contributed by atoms with Crippen molar-refractivity contribution >= 4 is 11.4 Å². The maximum absolute atomic E-state index is 2.29. The summed E-state index contributed by atoms with van der Waals surface area (Å²) in [5.74, 6) is 0. The van der Waals surface area contributed by atoms with Gasteiger partial charge >= 0.3 is 0 Å². The third-order valence-electron chi connectivity index (χ3n) is 6.55. The maximum Gasteiger partial charge on any atom is 0.0989 e. The lowest BCUT2D eigenvalue weighted by atomic mass is 9.98. The summed E-state index contributed by atoms with van der Waals surface area (Å²) in [6.07, 6.45) is 6.42. The Morgan fingerprint density at radius 3 is 1.30 bits per heavy atom. The van der Waals surface area contributed by atoms with Crippen LogP contribution in [-0.4, -0.2) is 6.67 Å². The number of anilines is 2. The molecule has 0 N–H and O–H groups in total. The van der Waals surface area contributed by atoms with Gasteiger partial charge in [-0.25, -0.2) is 0 Å². The van der Waals surface area contributed by atoms with Crippen LogP contribution in [0.3, 0.4) is 0 Å². The van der Waals surface area contributed by atoms with Gasteiger partial charge in [-0.15, -0.1) is 0 Å². The third kappa shape index (κ3) is 4.29. The van der Waals surface area contributed by atoms with Crippen molar-refractivity contribution < 1.29 is 0 Å². The van der Waals surface area contributed by atoms with Crippen molar-refractivity contribution in [2.45, 2.75) is 26.7 Å². The molecule has 4 aromatic carbocycles. The Labute approximate surface area is 197 Å². The molecule has 0 saturated heterocycles. The number of nitrogens with zero attached hydrogens (tertiary/aromatic N) is 2. The van der Waals surface area contributed by atoms with Crippen LogP contribution >= 0.6 is 0 Å². The first-order chi connectivity index (χ1) is 16.3. The highest BCUT2D eigenvalue weighted by molar-refractivity contribution is 5.72. The topological polar surface area (TPSA) is 6.48 Å². The molecule has 4 aromatic rings. The Hall–Kier alpha value is -3.78. The summed E-state index contributed by atoms with van der Waals surface area (Å²) in [5.41, 5.74) is 10.4. The summed E-state index contributed by atoms with van der Waals surface area (Å²) in [4.78, 5) is 4.58. The maximum atomic E-state index is 2.29. The van der Waals surface area contributed by atoms with E-state index in [0.717, 1.165) is 19.5 Å². The van der Waals surface area contributed by atoms with Gasteiger partial charge in [-0.3, -0.25) is 0 Å². The monoisotopic (exact) mass is 430 g/mol. The van der Waals surface area contributed by atoms with Gasteiger partial charge < -0.3 is 9.80 Å². The van der Waals surface area contributed by atoms with Crippen molar-refractivity contribution in [2.75, 3.05) is 16.5 Å². The van der Waals surface area contributed by atoms with Crippen molar-refractivity contribution in [3.8, 4) is 22.3 Å². The normalized spacial score (nSPS) is 13.0. The molecule has 2 nitrogen and oxygen atoms in total. The molecule has 0 aliphatic carbocycles. The number of aryl methyl sites for hydroxylation is 2. The van der Waals surface area contributed by atoms with E-state index in [-0.39, 0.29) is 0 Å². The van der Waals surface area contributed by atoms with Gasteiger partial charge in [0.1, 0.15) is 0 Å². The van der Waals surface area contributed by atoms with E-state index in [1.54, 1.807) is 0 Å². The molecule has 0 spiro atoms. The van der Waals surface area contributed by atoms with E-state index in [9.17, 15) is 0 Å². The van der Waals surface area contributed by atoms with Gasteiger partial charge in [0.15, 0.2) is 0 Å². The molecule has 1 aliphatic rings. The molecule has 0 fully saturated rings. The van der Waals surface area contributed by atoms with Crippen molar-refractivity contribution in [3.05, 3.63) is 121 Å². The summed E-state index contributed by atoms with van der Waals surface area (Å²) in [6.45, 7) is 5.24. The Morgan fingerprint density at radius 1 is 0.515 bits per heavy atom. The molecule has 0 radical (unpaired) electrons. The van der Waals surface area contributed by atoms with Gasteiger partial charge in [0.05, 0.1) is 6.67 Å². The van der Waals surface area contributed by atoms with E-state index in [4.69, 9.17) is 0 Å². The minimum absolute atomic E-state index is 0.815. The SMILES string of the molecule is CCc1ccccc1-c1ccc(N2C=CN(c3ccc(-c4ccccc4CC)cc3)C2)cc1. The van der Waals surface area contributed by atoms with Crippen LogP contribution in [0, 0.1) is 0 Å². The van der Waals surface area contributed by atoms with Gasteiger partial charge in [0, 0.05) is 23.8 Å². The molecule has 0 aromatic heterocycles. The van der Waals surface area contributed by atoms with Crippen LogP contribution < -0.4 is 9.80 Å². The standard InChI is InChI=1S/C31H30N2/c1-3-24-9-5-7-11-30(24)26-13-17-28(18-14-26)32-21-22-33(23-32)29-19-15-27(16-20-29)31-12-8-6-10-25(31)4-2/h5-22H,3-4,23H2,1-2H3. The minimum Gasteiger partial charge on any atom is -0.328 e. The van der Waals surface area contributed by atoms with Gasteiger partial charge in [0.2, 0.25) is 0 Å². The van der Waals surface area contributed by atoms with E-state index in [1.807, 2.05) is 0 Å². The Bertz CT molecular complexity index is 1150. The summed E-state index contributed by atoms with van der Waals surface area (Å²) >= 11 is 0. The smallest absolute Gasteiger partial charge is 0.0989 e. The van der Waals surface area contributed by atoms with Crippen LogP contribution in [0.4, 0.5) is 11.4 Å². The summed E-state index contributed by atoms with van der Waals surface area (Å²) in [6, 6.07) is 35.2. The number of rotatable bonds is 6. The summed E-state index contributed by atoms with van der Waals surface area (Å²) in [5, 5.41) is 0. The van der Waals surface area contributed by atoms with Crippen LogP contribution in [0.15, 0.2) is 109 Å². The Morgan fingerprint density at radius 2 is 0.909 bits per heavy atom.